The summed E-state index contributed by atoms with van der Waals surface area (Å²) in [5, 5.41) is 2.69. The molecule has 0 aromatic heterocycles. The van der Waals surface area contributed by atoms with Crippen LogP contribution in [0, 0.1) is 5.82 Å². The Bertz CT molecular complexity index is 634. The SMILES string of the molecule is O=C(COc1ccc(Br)c(F)c1)Nc1ccccc1Br. The molecule has 0 fully saturated rings. The predicted molar refractivity (Wildman–Crippen MR) is 82.4 cm³/mol. The van der Waals surface area contributed by atoms with Gasteiger partial charge < -0.3 is 10.1 Å². The van der Waals surface area contributed by atoms with Crippen molar-refractivity contribution in [1.29, 1.82) is 0 Å². The first-order chi connectivity index (χ1) is 9.56. The van der Waals surface area contributed by atoms with Crippen LogP contribution in [0.5, 0.6) is 5.75 Å². The third-order valence-electron chi connectivity index (χ3n) is 2.41. The fourth-order valence-corrected chi connectivity index (χ4v) is 2.09. The molecule has 0 aliphatic rings. The van der Waals surface area contributed by atoms with Crippen LogP contribution in [-0.4, -0.2) is 12.5 Å². The number of carbonyl (C=O) groups excluding carboxylic acids is 1. The Balaban J connectivity index is 1.92. The second kappa shape index (κ2) is 6.85. The highest BCUT2D eigenvalue weighted by atomic mass is 79.9. The summed E-state index contributed by atoms with van der Waals surface area (Å²) in [5.41, 5.74) is 0.656. The molecule has 0 spiro atoms. The van der Waals surface area contributed by atoms with E-state index in [2.05, 4.69) is 37.2 Å². The minimum Gasteiger partial charge on any atom is -0.484 e. The lowest BCUT2D eigenvalue weighted by molar-refractivity contribution is -0.118. The minimum absolute atomic E-state index is 0.192. The molecule has 20 heavy (non-hydrogen) atoms. The topological polar surface area (TPSA) is 38.3 Å². The normalized spacial score (nSPS) is 10.2. The number of nitrogens with one attached hydrogen (secondary N) is 1. The van der Waals surface area contributed by atoms with E-state index in [-0.39, 0.29) is 12.5 Å². The van der Waals surface area contributed by atoms with Crippen LogP contribution >= 0.6 is 31.9 Å². The van der Waals surface area contributed by atoms with Crippen LogP contribution < -0.4 is 10.1 Å². The molecular weight excluding hydrogens is 393 g/mol. The number of para-hydroxylation sites is 1. The summed E-state index contributed by atoms with van der Waals surface area (Å²) in [6.07, 6.45) is 0. The van der Waals surface area contributed by atoms with Gasteiger partial charge in [0.1, 0.15) is 11.6 Å². The first kappa shape index (κ1) is 15.0. The lowest BCUT2D eigenvalue weighted by Crippen LogP contribution is -2.20. The Labute approximate surface area is 132 Å². The second-order valence-corrected chi connectivity index (χ2v) is 5.60. The summed E-state index contributed by atoms with van der Waals surface area (Å²) in [6.45, 7) is -0.192. The summed E-state index contributed by atoms with van der Waals surface area (Å²) in [7, 11) is 0. The summed E-state index contributed by atoms with van der Waals surface area (Å²) < 4.78 is 19.6. The summed E-state index contributed by atoms with van der Waals surface area (Å²) in [4.78, 5) is 11.7. The minimum atomic E-state index is -0.436. The second-order valence-electron chi connectivity index (χ2n) is 3.89. The number of ether oxygens (including phenoxy) is 1. The molecule has 2 aromatic rings. The van der Waals surface area contributed by atoms with Crippen LogP contribution in [0.3, 0.4) is 0 Å². The van der Waals surface area contributed by atoms with Crippen molar-refractivity contribution in [3.8, 4) is 5.75 Å². The van der Waals surface area contributed by atoms with Crippen LogP contribution in [-0.2, 0) is 4.79 Å². The highest BCUT2D eigenvalue weighted by Gasteiger charge is 2.07. The summed E-state index contributed by atoms with van der Waals surface area (Å²) in [5.74, 6) is -0.457. The first-order valence-electron chi connectivity index (χ1n) is 5.68. The molecule has 2 rings (SSSR count). The van der Waals surface area contributed by atoms with Gasteiger partial charge in [-0.05, 0) is 56.1 Å². The van der Waals surface area contributed by atoms with Crippen molar-refractivity contribution in [1.82, 2.24) is 0 Å². The number of hydrogen-bond donors (Lipinski definition) is 1. The molecule has 0 heterocycles. The maximum Gasteiger partial charge on any atom is 0.262 e. The van der Waals surface area contributed by atoms with Gasteiger partial charge in [-0.15, -0.1) is 0 Å². The number of amides is 1. The van der Waals surface area contributed by atoms with Crippen LogP contribution in [0.4, 0.5) is 10.1 Å². The van der Waals surface area contributed by atoms with E-state index >= 15 is 0 Å². The molecule has 3 nitrogen and oxygen atoms in total. The molecule has 0 unspecified atom stereocenters. The van der Waals surface area contributed by atoms with Crippen LogP contribution in [0.1, 0.15) is 0 Å². The van der Waals surface area contributed by atoms with E-state index in [1.165, 1.54) is 12.1 Å². The molecule has 104 valence electrons. The molecule has 6 heteroatoms. The van der Waals surface area contributed by atoms with Gasteiger partial charge in [0.25, 0.3) is 5.91 Å². The molecule has 0 bridgehead atoms. The van der Waals surface area contributed by atoms with Crippen molar-refractivity contribution >= 4 is 43.5 Å². The molecule has 0 saturated heterocycles. The number of rotatable bonds is 4. The third kappa shape index (κ3) is 4.05. The largest absolute Gasteiger partial charge is 0.484 e. The van der Waals surface area contributed by atoms with Crippen molar-refractivity contribution in [3.63, 3.8) is 0 Å². The van der Waals surface area contributed by atoms with Gasteiger partial charge in [0.15, 0.2) is 6.61 Å². The highest BCUT2D eigenvalue weighted by molar-refractivity contribution is 9.10. The summed E-state index contributed by atoms with van der Waals surface area (Å²) >= 11 is 6.37. The van der Waals surface area contributed by atoms with Gasteiger partial charge in [-0.2, -0.15) is 0 Å². The molecule has 1 N–H and O–H groups in total. The Morgan fingerprint density at radius 1 is 1.15 bits per heavy atom. The van der Waals surface area contributed by atoms with Crippen molar-refractivity contribution in [2.45, 2.75) is 0 Å². The van der Waals surface area contributed by atoms with E-state index in [0.717, 1.165) is 4.47 Å². The van der Waals surface area contributed by atoms with Gasteiger partial charge >= 0.3 is 0 Å². The van der Waals surface area contributed by atoms with E-state index in [1.54, 1.807) is 12.1 Å². The third-order valence-corrected chi connectivity index (χ3v) is 3.74. The Morgan fingerprint density at radius 2 is 1.90 bits per heavy atom. The van der Waals surface area contributed by atoms with E-state index in [1.807, 2.05) is 18.2 Å². The number of hydrogen-bond acceptors (Lipinski definition) is 2. The summed E-state index contributed by atoms with van der Waals surface area (Å²) in [6, 6.07) is 11.6. The Kier molecular flexibility index (Phi) is 5.14. The van der Waals surface area contributed by atoms with Gasteiger partial charge in [-0.1, -0.05) is 12.1 Å². The average Bonchev–Trinajstić information content (AvgIpc) is 2.43. The van der Waals surface area contributed by atoms with E-state index in [4.69, 9.17) is 4.74 Å². The fraction of sp³-hybridized carbons (Fsp3) is 0.0714. The first-order valence-corrected chi connectivity index (χ1v) is 7.27. The van der Waals surface area contributed by atoms with Gasteiger partial charge in [0.2, 0.25) is 0 Å². The molecule has 2 aromatic carbocycles. The maximum absolute atomic E-state index is 13.3. The Hall–Kier alpha value is -1.40. The number of halogens is 3. The van der Waals surface area contributed by atoms with Crippen molar-refractivity contribution in [2.24, 2.45) is 0 Å². The predicted octanol–water partition coefficient (Wildman–Crippen LogP) is 4.37. The molecule has 1 amide bonds. The zero-order chi connectivity index (χ0) is 14.5. The average molecular weight is 403 g/mol. The number of anilines is 1. The fourth-order valence-electron chi connectivity index (χ4n) is 1.46. The highest BCUT2D eigenvalue weighted by Crippen LogP contribution is 2.22. The van der Waals surface area contributed by atoms with Crippen LogP contribution in [0.15, 0.2) is 51.4 Å². The molecule has 0 atom stereocenters. The standard InChI is InChI=1S/C14H10Br2FNO2/c15-10-6-5-9(7-12(10)17)20-8-14(19)18-13-4-2-1-3-11(13)16/h1-7H,8H2,(H,18,19). The lowest BCUT2D eigenvalue weighted by Gasteiger charge is -2.09. The lowest BCUT2D eigenvalue weighted by atomic mass is 10.3. The van der Waals surface area contributed by atoms with Gasteiger partial charge in [-0.25, -0.2) is 4.39 Å². The van der Waals surface area contributed by atoms with Gasteiger partial charge in [0, 0.05) is 10.5 Å². The van der Waals surface area contributed by atoms with Crippen molar-refractivity contribution < 1.29 is 13.9 Å². The van der Waals surface area contributed by atoms with Crippen LogP contribution in [0.25, 0.3) is 0 Å². The Morgan fingerprint density at radius 3 is 2.60 bits per heavy atom. The van der Waals surface area contributed by atoms with Crippen molar-refractivity contribution in [2.75, 3.05) is 11.9 Å². The monoisotopic (exact) mass is 401 g/mol. The van der Waals surface area contributed by atoms with Gasteiger partial charge in [-0.3, -0.25) is 4.79 Å². The van der Waals surface area contributed by atoms with Crippen LogP contribution in [0.2, 0.25) is 0 Å². The quantitative estimate of drug-likeness (QED) is 0.824. The van der Waals surface area contributed by atoms with E-state index in [0.29, 0.717) is 15.9 Å². The molecule has 0 aliphatic heterocycles. The number of benzene rings is 2. The number of carbonyl (C=O) groups is 1. The maximum atomic E-state index is 13.3. The molecular formula is C14H10Br2FNO2. The zero-order valence-corrected chi connectivity index (χ0v) is 13.4. The van der Waals surface area contributed by atoms with E-state index in [9.17, 15) is 9.18 Å². The smallest absolute Gasteiger partial charge is 0.262 e. The molecule has 0 saturated carbocycles. The molecule has 0 radical (unpaired) electrons. The van der Waals surface area contributed by atoms with Crippen molar-refractivity contribution in [3.05, 3.63) is 57.2 Å². The zero-order valence-electron chi connectivity index (χ0n) is 10.2. The van der Waals surface area contributed by atoms with E-state index < -0.39 is 5.82 Å². The van der Waals surface area contributed by atoms with Gasteiger partial charge in [0.05, 0.1) is 10.2 Å². The molecule has 0 aliphatic carbocycles.